The number of carbonyl (C=O) groups excluding carboxylic acids is 1. The van der Waals surface area contributed by atoms with E-state index in [4.69, 9.17) is 9.84 Å². The fourth-order valence-corrected chi connectivity index (χ4v) is 3.27. The Morgan fingerprint density at radius 1 is 1.33 bits per heavy atom. The number of benzene rings is 1. The van der Waals surface area contributed by atoms with E-state index in [9.17, 15) is 9.59 Å². The molecule has 4 nitrogen and oxygen atoms in total. The number of fused-ring (bicyclic) bond motifs is 2. The summed E-state index contributed by atoms with van der Waals surface area (Å²) in [6.45, 7) is 0.413. The second-order valence-corrected chi connectivity index (χ2v) is 5.89. The van der Waals surface area contributed by atoms with Crippen LogP contribution >= 0.6 is 11.3 Å². The van der Waals surface area contributed by atoms with Crippen LogP contribution in [-0.4, -0.2) is 16.9 Å². The molecular formula is C16H14O4S. The molecule has 1 N–H and O–H groups in total. The summed E-state index contributed by atoms with van der Waals surface area (Å²) in [5.74, 6) is -0.203. The highest BCUT2D eigenvalue weighted by Crippen LogP contribution is 2.32. The maximum Gasteiger partial charge on any atom is 0.303 e. The van der Waals surface area contributed by atoms with Crippen LogP contribution in [0.4, 0.5) is 0 Å². The van der Waals surface area contributed by atoms with E-state index in [1.807, 2.05) is 23.6 Å². The first-order chi connectivity index (χ1) is 10.1. The van der Waals surface area contributed by atoms with E-state index in [-0.39, 0.29) is 12.2 Å². The molecule has 2 aromatic rings. The summed E-state index contributed by atoms with van der Waals surface area (Å²) < 4.78 is 5.69. The summed E-state index contributed by atoms with van der Waals surface area (Å²) in [6, 6.07) is 7.44. The predicted molar refractivity (Wildman–Crippen MR) is 79.1 cm³/mol. The number of ether oxygens (including phenoxy) is 1. The molecule has 3 rings (SSSR count). The van der Waals surface area contributed by atoms with Crippen LogP contribution in [0.3, 0.4) is 0 Å². The van der Waals surface area contributed by atoms with Gasteiger partial charge in [0.2, 0.25) is 5.78 Å². The Morgan fingerprint density at radius 3 is 3.00 bits per heavy atom. The van der Waals surface area contributed by atoms with Crippen molar-refractivity contribution in [2.24, 2.45) is 0 Å². The van der Waals surface area contributed by atoms with E-state index < -0.39 is 5.97 Å². The van der Waals surface area contributed by atoms with Crippen LogP contribution in [0.5, 0.6) is 5.75 Å². The van der Waals surface area contributed by atoms with Gasteiger partial charge in [0.1, 0.15) is 12.4 Å². The number of carbonyl (C=O) groups is 2. The zero-order valence-electron chi connectivity index (χ0n) is 11.3. The molecule has 0 saturated carbocycles. The lowest BCUT2D eigenvalue weighted by Crippen LogP contribution is -2.01. The molecule has 1 aromatic heterocycles. The van der Waals surface area contributed by atoms with Crippen molar-refractivity contribution in [2.45, 2.75) is 25.9 Å². The normalized spacial score (nSPS) is 13.0. The molecule has 0 unspecified atom stereocenters. The van der Waals surface area contributed by atoms with E-state index in [1.54, 1.807) is 6.07 Å². The molecular weight excluding hydrogens is 288 g/mol. The van der Waals surface area contributed by atoms with Gasteiger partial charge in [0.15, 0.2) is 0 Å². The van der Waals surface area contributed by atoms with Gasteiger partial charge >= 0.3 is 5.97 Å². The highest BCUT2D eigenvalue weighted by atomic mass is 32.1. The second kappa shape index (κ2) is 5.69. The minimum atomic E-state index is -0.799. The molecule has 0 aliphatic carbocycles. The number of rotatable bonds is 4. The third kappa shape index (κ3) is 2.83. The highest BCUT2D eigenvalue weighted by molar-refractivity contribution is 7.12. The van der Waals surface area contributed by atoms with Gasteiger partial charge in [0, 0.05) is 12.0 Å². The summed E-state index contributed by atoms with van der Waals surface area (Å²) in [6.07, 6.45) is 1.34. The van der Waals surface area contributed by atoms with Gasteiger partial charge in [-0.3, -0.25) is 9.59 Å². The quantitative estimate of drug-likeness (QED) is 0.941. The molecule has 0 radical (unpaired) electrons. The first-order valence-electron chi connectivity index (χ1n) is 6.74. The lowest BCUT2D eigenvalue weighted by molar-refractivity contribution is -0.137. The summed E-state index contributed by atoms with van der Waals surface area (Å²) in [5, 5.41) is 10.6. The van der Waals surface area contributed by atoms with Gasteiger partial charge in [-0.25, -0.2) is 0 Å². The van der Waals surface area contributed by atoms with Crippen molar-refractivity contribution in [1.29, 1.82) is 0 Å². The number of carboxylic acids is 1. The molecule has 0 saturated heterocycles. The lowest BCUT2D eigenvalue weighted by atomic mass is 10.0. The molecule has 0 amide bonds. The van der Waals surface area contributed by atoms with Gasteiger partial charge in [0.05, 0.1) is 10.4 Å². The number of hydrogen-bond donors (Lipinski definition) is 1. The molecule has 21 heavy (non-hydrogen) atoms. The third-order valence-corrected chi connectivity index (χ3v) is 4.44. The topological polar surface area (TPSA) is 63.6 Å². The number of carboxylic acid groups (broad SMARTS) is 1. The van der Waals surface area contributed by atoms with E-state index >= 15 is 0 Å². The van der Waals surface area contributed by atoms with Crippen LogP contribution in [0.2, 0.25) is 0 Å². The Bertz CT molecular complexity index is 702. The van der Waals surface area contributed by atoms with Crippen LogP contribution in [-0.2, 0) is 17.8 Å². The van der Waals surface area contributed by atoms with Crippen molar-refractivity contribution in [3.05, 3.63) is 51.2 Å². The van der Waals surface area contributed by atoms with Gasteiger partial charge in [-0.15, -0.1) is 11.3 Å². The first kappa shape index (κ1) is 13.8. The van der Waals surface area contributed by atoms with Crippen LogP contribution in [0.15, 0.2) is 29.6 Å². The summed E-state index contributed by atoms with van der Waals surface area (Å²) in [4.78, 5) is 23.8. The van der Waals surface area contributed by atoms with Gasteiger partial charge in [0.25, 0.3) is 0 Å². The van der Waals surface area contributed by atoms with Crippen molar-refractivity contribution < 1.29 is 19.4 Å². The van der Waals surface area contributed by atoms with Gasteiger partial charge in [-0.05, 0) is 42.0 Å². The predicted octanol–water partition coefficient (Wildman–Crippen LogP) is 3.28. The number of hydrogen-bond acceptors (Lipinski definition) is 4. The van der Waals surface area contributed by atoms with Gasteiger partial charge < -0.3 is 9.84 Å². The fraction of sp³-hybridized carbons (Fsp3) is 0.250. The molecule has 1 aromatic carbocycles. The minimum Gasteiger partial charge on any atom is -0.488 e. The average molecular weight is 302 g/mol. The molecule has 0 fully saturated rings. The van der Waals surface area contributed by atoms with Crippen molar-refractivity contribution in [3.8, 4) is 5.75 Å². The number of aliphatic carboxylic acids is 1. The zero-order valence-corrected chi connectivity index (χ0v) is 12.1. The Balaban J connectivity index is 1.86. The van der Waals surface area contributed by atoms with Gasteiger partial charge in [-0.2, -0.15) is 0 Å². The van der Waals surface area contributed by atoms with E-state index in [0.29, 0.717) is 30.8 Å². The van der Waals surface area contributed by atoms with Crippen LogP contribution in [0.1, 0.15) is 39.2 Å². The maximum atomic E-state index is 12.6. The van der Waals surface area contributed by atoms with Crippen LogP contribution in [0, 0.1) is 0 Å². The van der Waals surface area contributed by atoms with Gasteiger partial charge in [-0.1, -0.05) is 6.07 Å². The first-order valence-corrected chi connectivity index (χ1v) is 7.61. The highest BCUT2D eigenvalue weighted by Gasteiger charge is 2.23. The van der Waals surface area contributed by atoms with E-state index in [2.05, 4.69) is 0 Å². The van der Waals surface area contributed by atoms with Crippen molar-refractivity contribution >= 4 is 23.1 Å². The SMILES string of the molecule is O=C(O)CCCc1ccc2c(c1)C(=O)c1sccc1CO2. The molecule has 1 aliphatic heterocycles. The number of aryl methyl sites for hydroxylation is 1. The van der Waals surface area contributed by atoms with E-state index in [1.165, 1.54) is 11.3 Å². The largest absolute Gasteiger partial charge is 0.488 e. The van der Waals surface area contributed by atoms with Crippen molar-refractivity contribution in [2.75, 3.05) is 0 Å². The van der Waals surface area contributed by atoms with Crippen molar-refractivity contribution in [3.63, 3.8) is 0 Å². The van der Waals surface area contributed by atoms with Crippen molar-refractivity contribution in [1.82, 2.24) is 0 Å². The minimum absolute atomic E-state index is 0.00687. The summed E-state index contributed by atoms with van der Waals surface area (Å²) in [5.41, 5.74) is 2.46. The monoisotopic (exact) mass is 302 g/mol. The Morgan fingerprint density at radius 2 is 2.19 bits per heavy atom. The molecule has 0 bridgehead atoms. The standard InChI is InChI=1S/C16H14O4S/c17-14(18)3-1-2-10-4-5-13-12(8-10)15(19)16-11(9-20-13)6-7-21-16/h4-8H,1-3,9H2,(H,17,18). The smallest absolute Gasteiger partial charge is 0.303 e. The fourth-order valence-electron chi connectivity index (χ4n) is 2.41. The number of thiophene rings is 1. The molecule has 0 spiro atoms. The van der Waals surface area contributed by atoms with Crippen LogP contribution in [0.25, 0.3) is 0 Å². The second-order valence-electron chi connectivity index (χ2n) is 4.97. The Labute approximate surface area is 126 Å². The lowest BCUT2D eigenvalue weighted by Gasteiger charge is -2.08. The third-order valence-electron chi connectivity index (χ3n) is 3.48. The molecule has 1 aliphatic rings. The van der Waals surface area contributed by atoms with E-state index in [0.717, 1.165) is 16.0 Å². The molecule has 108 valence electrons. The van der Waals surface area contributed by atoms with Crippen LogP contribution < -0.4 is 4.74 Å². The molecule has 5 heteroatoms. The summed E-state index contributed by atoms with van der Waals surface area (Å²) >= 11 is 1.43. The molecule has 0 atom stereocenters. The summed E-state index contributed by atoms with van der Waals surface area (Å²) in [7, 11) is 0. The molecule has 2 heterocycles. The Hall–Kier alpha value is -2.14. The zero-order chi connectivity index (χ0) is 14.8. The Kier molecular flexibility index (Phi) is 3.75. The number of ketones is 1. The maximum absolute atomic E-state index is 12.6. The average Bonchev–Trinajstić information content (AvgIpc) is 2.88.